The molecule has 0 saturated carbocycles. The highest BCUT2D eigenvalue weighted by Crippen LogP contribution is 2.19. The van der Waals surface area contributed by atoms with Crippen LogP contribution in [-0.2, 0) is 14.3 Å². The summed E-state index contributed by atoms with van der Waals surface area (Å²) in [5.41, 5.74) is 0. The van der Waals surface area contributed by atoms with Crippen molar-refractivity contribution in [3.05, 3.63) is 24.3 Å². The molecular weight excluding hydrogens is 971 g/mol. The maximum absolute atomic E-state index is 12.4. The summed E-state index contributed by atoms with van der Waals surface area (Å²) < 4.78 is 5.50. The summed E-state index contributed by atoms with van der Waals surface area (Å²) in [7, 11) is 0. The number of carbonyl (C=O) groups is 2. The Hall–Kier alpha value is -1.66. The van der Waals surface area contributed by atoms with Crippen LogP contribution >= 0.6 is 0 Å². The predicted octanol–water partition coefficient (Wildman–Crippen LogP) is 23.3. The van der Waals surface area contributed by atoms with Gasteiger partial charge in [0.2, 0.25) is 5.91 Å². The topological polar surface area (TPSA) is 95.9 Å². The van der Waals surface area contributed by atoms with Crippen molar-refractivity contribution in [2.45, 2.75) is 418 Å². The number of rotatable bonds is 68. The molecular formula is C73H141NO5. The Morgan fingerprint density at radius 3 is 0.962 bits per heavy atom. The first kappa shape index (κ1) is 77.3. The third-order valence-corrected chi connectivity index (χ3v) is 17.0. The van der Waals surface area contributed by atoms with Gasteiger partial charge in [-0.2, -0.15) is 0 Å². The van der Waals surface area contributed by atoms with E-state index in [9.17, 15) is 19.8 Å². The number of nitrogens with one attached hydrogen (secondary N) is 1. The predicted molar refractivity (Wildman–Crippen MR) is 347 cm³/mol. The fraction of sp³-hybridized carbons (Fsp3) is 0.918. The highest BCUT2D eigenvalue weighted by molar-refractivity contribution is 5.76. The highest BCUT2D eigenvalue weighted by atomic mass is 16.5. The monoisotopic (exact) mass is 1110 g/mol. The average molecular weight is 1110 g/mol. The SMILES string of the molecule is CCCCCCCCCCCCCCCCCC(=O)OCCCCCCCCCCCCCCC/C=C\C/C=C\CCCCCCCCCCCCCCCCCCCC(=O)NC(CO)C(O)CCCCCCCCCCCC. The molecule has 0 radical (unpaired) electrons. The molecule has 79 heavy (non-hydrogen) atoms. The van der Waals surface area contributed by atoms with Gasteiger partial charge < -0.3 is 20.3 Å². The van der Waals surface area contributed by atoms with Gasteiger partial charge in [-0.25, -0.2) is 0 Å². The van der Waals surface area contributed by atoms with Crippen LogP contribution in [0.4, 0.5) is 0 Å². The van der Waals surface area contributed by atoms with Gasteiger partial charge in [0.1, 0.15) is 0 Å². The van der Waals surface area contributed by atoms with Gasteiger partial charge in [-0.15, -0.1) is 0 Å². The van der Waals surface area contributed by atoms with E-state index in [1.165, 1.54) is 327 Å². The summed E-state index contributed by atoms with van der Waals surface area (Å²) >= 11 is 0. The Morgan fingerprint density at radius 2 is 0.633 bits per heavy atom. The molecule has 2 unspecified atom stereocenters. The molecule has 0 aromatic rings. The molecule has 2 atom stereocenters. The van der Waals surface area contributed by atoms with Crippen LogP contribution in [0.1, 0.15) is 406 Å². The summed E-state index contributed by atoms with van der Waals surface area (Å²) in [6, 6.07) is -0.537. The zero-order valence-electron chi connectivity index (χ0n) is 53.6. The van der Waals surface area contributed by atoms with E-state index in [-0.39, 0.29) is 18.5 Å². The summed E-state index contributed by atoms with van der Waals surface area (Å²) in [6.07, 6.45) is 86.9. The lowest BCUT2D eigenvalue weighted by Gasteiger charge is -2.22. The summed E-state index contributed by atoms with van der Waals surface area (Å²) in [4.78, 5) is 24.5. The van der Waals surface area contributed by atoms with Crippen LogP contribution in [0.5, 0.6) is 0 Å². The second-order valence-electron chi connectivity index (χ2n) is 24.9. The number of amides is 1. The van der Waals surface area contributed by atoms with Crippen LogP contribution in [-0.4, -0.2) is 47.4 Å². The Labute approximate surface area is 494 Å². The molecule has 0 aliphatic rings. The van der Waals surface area contributed by atoms with Crippen molar-refractivity contribution in [1.29, 1.82) is 0 Å². The Balaban J connectivity index is 3.32. The van der Waals surface area contributed by atoms with Crippen LogP contribution in [0.25, 0.3) is 0 Å². The molecule has 0 aliphatic carbocycles. The smallest absolute Gasteiger partial charge is 0.305 e. The molecule has 0 fully saturated rings. The van der Waals surface area contributed by atoms with Gasteiger partial charge in [0.15, 0.2) is 0 Å². The van der Waals surface area contributed by atoms with Gasteiger partial charge in [0, 0.05) is 12.8 Å². The third-order valence-electron chi connectivity index (χ3n) is 17.0. The van der Waals surface area contributed by atoms with Gasteiger partial charge in [-0.05, 0) is 57.8 Å². The van der Waals surface area contributed by atoms with Crippen LogP contribution in [0.15, 0.2) is 24.3 Å². The van der Waals surface area contributed by atoms with Crippen molar-refractivity contribution in [3.63, 3.8) is 0 Å². The number of aliphatic hydroxyl groups is 2. The molecule has 0 spiro atoms. The van der Waals surface area contributed by atoms with Gasteiger partial charge in [-0.1, -0.05) is 359 Å². The highest BCUT2D eigenvalue weighted by Gasteiger charge is 2.20. The van der Waals surface area contributed by atoms with Crippen LogP contribution in [0, 0.1) is 0 Å². The van der Waals surface area contributed by atoms with E-state index in [2.05, 4.69) is 43.5 Å². The number of carbonyl (C=O) groups excluding carboxylic acids is 2. The molecule has 0 heterocycles. The van der Waals surface area contributed by atoms with Crippen molar-refractivity contribution in [2.24, 2.45) is 0 Å². The van der Waals surface area contributed by atoms with Crippen LogP contribution in [0.3, 0.4) is 0 Å². The number of ether oxygens (including phenoxy) is 1. The van der Waals surface area contributed by atoms with Crippen LogP contribution < -0.4 is 5.32 Å². The molecule has 0 aromatic carbocycles. The molecule has 0 aliphatic heterocycles. The standard InChI is InChI=1S/C73H141NO5/c1-3-5-7-9-11-13-15-16-40-44-47-51-55-59-63-67-73(78)79-68-64-60-56-52-48-45-42-39-37-35-33-31-29-27-25-23-21-19-17-18-20-22-24-26-28-30-32-34-36-38-41-43-46-50-54-58-62-66-72(77)74-70(69-75)71(76)65-61-57-53-49-14-12-10-8-6-4-2/h17,19,23,25,70-71,75-76H,3-16,18,20-22,24,26-69H2,1-2H3,(H,74,77)/b19-17-,25-23-. The van der Waals surface area contributed by atoms with E-state index in [0.717, 1.165) is 44.9 Å². The van der Waals surface area contributed by atoms with Gasteiger partial charge in [0.05, 0.1) is 25.4 Å². The fourth-order valence-corrected chi connectivity index (χ4v) is 11.5. The molecule has 6 nitrogen and oxygen atoms in total. The maximum atomic E-state index is 12.4. The first-order chi connectivity index (χ1) is 39.0. The Bertz CT molecular complexity index is 1230. The molecule has 3 N–H and O–H groups in total. The maximum Gasteiger partial charge on any atom is 0.305 e. The summed E-state index contributed by atoms with van der Waals surface area (Å²) in [6.45, 7) is 4.97. The quantitative estimate of drug-likeness (QED) is 0.0320. The van der Waals surface area contributed by atoms with Crippen LogP contribution in [0.2, 0.25) is 0 Å². The van der Waals surface area contributed by atoms with Gasteiger partial charge >= 0.3 is 5.97 Å². The lowest BCUT2D eigenvalue weighted by atomic mass is 10.0. The molecule has 468 valence electrons. The van der Waals surface area contributed by atoms with E-state index < -0.39 is 12.1 Å². The first-order valence-electron chi connectivity index (χ1n) is 36.1. The lowest BCUT2D eigenvalue weighted by Crippen LogP contribution is -2.45. The molecule has 0 saturated heterocycles. The van der Waals surface area contributed by atoms with Crippen molar-refractivity contribution < 1.29 is 24.5 Å². The molecule has 0 bridgehead atoms. The molecule has 6 heteroatoms. The Morgan fingerprint density at radius 1 is 0.354 bits per heavy atom. The number of esters is 1. The number of allylic oxidation sites excluding steroid dienone is 4. The minimum absolute atomic E-state index is 0.0222. The van der Waals surface area contributed by atoms with Crippen molar-refractivity contribution >= 4 is 11.9 Å². The lowest BCUT2D eigenvalue weighted by molar-refractivity contribution is -0.143. The largest absolute Gasteiger partial charge is 0.466 e. The van der Waals surface area contributed by atoms with E-state index in [1.54, 1.807) is 0 Å². The summed E-state index contributed by atoms with van der Waals surface area (Å²) in [5, 5.41) is 23.2. The van der Waals surface area contributed by atoms with E-state index in [1.807, 2.05) is 0 Å². The van der Waals surface area contributed by atoms with E-state index in [0.29, 0.717) is 25.9 Å². The zero-order chi connectivity index (χ0) is 57.1. The van der Waals surface area contributed by atoms with E-state index in [4.69, 9.17) is 4.74 Å². The van der Waals surface area contributed by atoms with Crippen molar-refractivity contribution in [1.82, 2.24) is 5.32 Å². The van der Waals surface area contributed by atoms with Gasteiger partial charge in [0.25, 0.3) is 0 Å². The minimum atomic E-state index is -0.660. The second-order valence-corrected chi connectivity index (χ2v) is 24.9. The van der Waals surface area contributed by atoms with Crippen molar-refractivity contribution in [3.8, 4) is 0 Å². The Kier molecular flexibility index (Phi) is 67.4. The molecule has 1 amide bonds. The number of aliphatic hydroxyl groups excluding tert-OH is 2. The molecule has 0 aromatic heterocycles. The van der Waals surface area contributed by atoms with Gasteiger partial charge in [-0.3, -0.25) is 9.59 Å². The van der Waals surface area contributed by atoms with Crippen molar-refractivity contribution in [2.75, 3.05) is 13.2 Å². The second kappa shape index (κ2) is 68.8. The fourth-order valence-electron chi connectivity index (χ4n) is 11.5. The van der Waals surface area contributed by atoms with E-state index >= 15 is 0 Å². The molecule has 0 rings (SSSR count). The normalized spacial score (nSPS) is 12.6. The summed E-state index contributed by atoms with van der Waals surface area (Å²) in [5.74, 6) is -0.00975. The number of hydrogen-bond donors (Lipinski definition) is 3. The third kappa shape index (κ3) is 65.4. The number of hydrogen-bond acceptors (Lipinski definition) is 5. The minimum Gasteiger partial charge on any atom is -0.466 e. The average Bonchev–Trinajstić information content (AvgIpc) is 3.45. The zero-order valence-corrected chi connectivity index (χ0v) is 53.6. The number of unbranched alkanes of at least 4 members (excludes halogenated alkanes) is 53. The first-order valence-corrected chi connectivity index (χ1v) is 36.1.